The van der Waals surface area contributed by atoms with E-state index in [9.17, 15) is 0 Å². The van der Waals surface area contributed by atoms with Crippen LogP contribution in [-0.4, -0.2) is 23.1 Å². The molecule has 1 saturated carbocycles. The second-order valence-electron chi connectivity index (χ2n) is 3.15. The Hall–Kier alpha value is 1.50. The fourth-order valence-corrected chi connectivity index (χ4v) is 1.76. The molecule has 0 nitrogen and oxygen atoms in total. The van der Waals surface area contributed by atoms with Gasteiger partial charge < -0.3 is 30.9 Å². The third-order valence-corrected chi connectivity index (χ3v) is 2.34. The standard InChI is InChI=1S/C9H17.HI.Mg/c1-2-6-9-7-4-3-5-8-9;;/h9H,1-8H2;1H;/q-1;;+2/p-1. The van der Waals surface area contributed by atoms with Crippen LogP contribution in [-0.2, 0) is 0 Å². The zero-order valence-electron chi connectivity index (χ0n) is 7.32. The molecule has 0 aromatic carbocycles. The van der Waals surface area contributed by atoms with Crippen molar-refractivity contribution in [3.8, 4) is 0 Å². The molecule has 0 aromatic heterocycles. The molecular weight excluding hydrogens is 259 g/mol. The molecule has 0 unspecified atom stereocenters. The van der Waals surface area contributed by atoms with Gasteiger partial charge in [0, 0.05) is 0 Å². The van der Waals surface area contributed by atoms with E-state index in [4.69, 9.17) is 0 Å². The second kappa shape index (κ2) is 9.58. The smallest absolute Gasteiger partial charge is 1.00 e. The van der Waals surface area contributed by atoms with Crippen molar-refractivity contribution in [1.29, 1.82) is 0 Å². The van der Waals surface area contributed by atoms with Crippen molar-refractivity contribution in [1.82, 2.24) is 0 Å². The molecule has 2 heteroatoms. The molecule has 1 fully saturated rings. The van der Waals surface area contributed by atoms with Crippen LogP contribution in [0.5, 0.6) is 0 Å². The summed E-state index contributed by atoms with van der Waals surface area (Å²) in [4.78, 5) is 0. The van der Waals surface area contributed by atoms with E-state index in [-0.39, 0.29) is 47.0 Å². The Kier molecular flexibility index (Phi) is 13.1. The molecule has 1 rings (SSSR count). The summed E-state index contributed by atoms with van der Waals surface area (Å²) in [5.74, 6) is 1.04. The zero-order valence-corrected chi connectivity index (χ0v) is 10.9. The van der Waals surface area contributed by atoms with Gasteiger partial charge in [-0.25, -0.2) is 0 Å². The SMILES string of the molecule is [CH2-]CCC1CCCCC1.[I-].[Mg+2]. The molecule has 0 bridgehead atoms. The predicted molar refractivity (Wildman–Crippen MR) is 46.9 cm³/mol. The van der Waals surface area contributed by atoms with Crippen LogP contribution in [0.4, 0.5) is 0 Å². The maximum absolute atomic E-state index is 3.88. The fraction of sp³-hybridized carbons (Fsp3) is 0.889. The first-order chi connectivity index (χ1) is 4.43. The minimum atomic E-state index is 0. The Balaban J connectivity index is 0. The molecule has 0 atom stereocenters. The Morgan fingerprint density at radius 3 is 2.09 bits per heavy atom. The first-order valence-electron chi connectivity index (χ1n) is 4.22. The summed E-state index contributed by atoms with van der Waals surface area (Å²) in [7, 11) is 0. The summed E-state index contributed by atoms with van der Waals surface area (Å²) in [6.07, 6.45) is 9.92. The molecule has 0 radical (unpaired) electrons. The number of hydrogen-bond acceptors (Lipinski definition) is 0. The quantitative estimate of drug-likeness (QED) is 0.372. The van der Waals surface area contributed by atoms with Crippen molar-refractivity contribution < 1.29 is 24.0 Å². The summed E-state index contributed by atoms with van der Waals surface area (Å²) >= 11 is 0. The summed E-state index contributed by atoms with van der Waals surface area (Å²) < 4.78 is 0. The van der Waals surface area contributed by atoms with Gasteiger partial charge in [-0.05, 0) is 5.92 Å². The topological polar surface area (TPSA) is 0 Å². The van der Waals surface area contributed by atoms with Gasteiger partial charge in [0.2, 0.25) is 0 Å². The van der Waals surface area contributed by atoms with Crippen LogP contribution >= 0.6 is 0 Å². The van der Waals surface area contributed by atoms with E-state index in [0.717, 1.165) is 12.3 Å². The summed E-state index contributed by atoms with van der Waals surface area (Å²) in [6.45, 7) is 3.88. The van der Waals surface area contributed by atoms with Gasteiger partial charge >= 0.3 is 23.1 Å². The van der Waals surface area contributed by atoms with E-state index in [1.165, 1.54) is 38.5 Å². The molecular formula is C9H17IMg. The third kappa shape index (κ3) is 6.64. The Morgan fingerprint density at radius 1 is 1.09 bits per heavy atom. The molecule has 62 valence electrons. The largest absolute Gasteiger partial charge is 2.00 e. The summed E-state index contributed by atoms with van der Waals surface area (Å²) in [6, 6.07) is 0. The van der Waals surface area contributed by atoms with Gasteiger partial charge in [0.05, 0.1) is 0 Å². The van der Waals surface area contributed by atoms with Gasteiger partial charge in [0.25, 0.3) is 0 Å². The number of hydrogen-bond donors (Lipinski definition) is 0. The van der Waals surface area contributed by atoms with Gasteiger partial charge in [0.1, 0.15) is 0 Å². The summed E-state index contributed by atoms with van der Waals surface area (Å²) in [5.41, 5.74) is 0. The van der Waals surface area contributed by atoms with Crippen LogP contribution in [0, 0.1) is 12.8 Å². The normalized spacial score (nSPS) is 18.3. The van der Waals surface area contributed by atoms with E-state index in [2.05, 4.69) is 6.92 Å². The molecule has 1 aliphatic carbocycles. The predicted octanol–water partition coefficient (Wildman–Crippen LogP) is -0.196. The van der Waals surface area contributed by atoms with E-state index in [1.807, 2.05) is 0 Å². The summed E-state index contributed by atoms with van der Waals surface area (Å²) in [5, 5.41) is 0. The van der Waals surface area contributed by atoms with Crippen molar-refractivity contribution in [2.24, 2.45) is 5.92 Å². The Morgan fingerprint density at radius 2 is 1.64 bits per heavy atom. The second-order valence-corrected chi connectivity index (χ2v) is 3.15. The van der Waals surface area contributed by atoms with Crippen LogP contribution in [0.2, 0.25) is 0 Å². The van der Waals surface area contributed by atoms with Crippen LogP contribution in [0.1, 0.15) is 44.9 Å². The van der Waals surface area contributed by atoms with E-state index < -0.39 is 0 Å². The van der Waals surface area contributed by atoms with Crippen LogP contribution < -0.4 is 24.0 Å². The molecule has 0 spiro atoms. The average molecular weight is 276 g/mol. The maximum atomic E-state index is 3.88. The van der Waals surface area contributed by atoms with Crippen LogP contribution in [0.3, 0.4) is 0 Å². The van der Waals surface area contributed by atoms with Gasteiger partial charge in [0.15, 0.2) is 0 Å². The van der Waals surface area contributed by atoms with E-state index in [1.54, 1.807) is 0 Å². The van der Waals surface area contributed by atoms with Crippen molar-refractivity contribution in [2.75, 3.05) is 0 Å². The Bertz CT molecular complexity index is 67.2. The van der Waals surface area contributed by atoms with Crippen LogP contribution in [0.15, 0.2) is 0 Å². The van der Waals surface area contributed by atoms with Gasteiger partial charge in [-0.2, -0.15) is 6.42 Å². The minimum Gasteiger partial charge on any atom is -1.00 e. The van der Waals surface area contributed by atoms with Gasteiger partial charge in [-0.3, -0.25) is 0 Å². The maximum Gasteiger partial charge on any atom is 2.00 e. The van der Waals surface area contributed by atoms with Crippen molar-refractivity contribution >= 4 is 23.1 Å². The molecule has 0 saturated heterocycles. The van der Waals surface area contributed by atoms with Gasteiger partial charge in [-0.15, -0.1) is 0 Å². The van der Waals surface area contributed by atoms with Gasteiger partial charge in [-0.1, -0.05) is 38.5 Å². The first kappa shape index (κ1) is 15.0. The monoisotopic (exact) mass is 276 g/mol. The van der Waals surface area contributed by atoms with E-state index >= 15 is 0 Å². The molecule has 0 N–H and O–H groups in total. The molecule has 0 aliphatic heterocycles. The van der Waals surface area contributed by atoms with Crippen molar-refractivity contribution in [3.05, 3.63) is 6.92 Å². The molecule has 0 amide bonds. The third-order valence-electron chi connectivity index (χ3n) is 2.34. The molecule has 0 heterocycles. The number of halogens is 1. The zero-order chi connectivity index (χ0) is 6.53. The molecule has 11 heavy (non-hydrogen) atoms. The van der Waals surface area contributed by atoms with E-state index in [0.29, 0.717) is 0 Å². The molecule has 1 aliphatic rings. The fourth-order valence-electron chi connectivity index (χ4n) is 1.76. The van der Waals surface area contributed by atoms with Crippen molar-refractivity contribution in [3.63, 3.8) is 0 Å². The Labute approximate surface area is 104 Å². The average Bonchev–Trinajstić information content (AvgIpc) is 1.91. The van der Waals surface area contributed by atoms with Crippen molar-refractivity contribution in [2.45, 2.75) is 44.9 Å². The molecule has 0 aromatic rings. The first-order valence-corrected chi connectivity index (χ1v) is 4.22. The number of rotatable bonds is 2. The minimum absolute atomic E-state index is 0. The van der Waals surface area contributed by atoms with Crippen LogP contribution in [0.25, 0.3) is 0 Å².